The summed E-state index contributed by atoms with van der Waals surface area (Å²) in [5.41, 5.74) is 0. The molecule has 0 radical (unpaired) electrons. The van der Waals surface area contributed by atoms with Crippen LogP contribution in [0.1, 0.15) is 4.88 Å². The number of carboxylic acid groups (broad SMARTS) is 1. The lowest BCUT2D eigenvalue weighted by Crippen LogP contribution is -2.30. The molecule has 1 aromatic heterocycles. The van der Waals surface area contributed by atoms with E-state index in [1.807, 2.05) is 0 Å². The van der Waals surface area contributed by atoms with Crippen LogP contribution in [0.2, 0.25) is 4.34 Å². The molecule has 1 aromatic rings. The van der Waals surface area contributed by atoms with Gasteiger partial charge in [0.2, 0.25) is 5.91 Å². The maximum atomic E-state index is 11.1. The highest BCUT2D eigenvalue weighted by atomic mass is 35.5. The fourth-order valence-electron chi connectivity index (χ4n) is 0.842. The van der Waals surface area contributed by atoms with Gasteiger partial charge in [-0.1, -0.05) is 11.6 Å². The fourth-order valence-corrected chi connectivity index (χ4v) is 1.93. The van der Waals surface area contributed by atoms with Crippen molar-refractivity contribution in [3.05, 3.63) is 21.3 Å². The number of hydrogen-bond acceptors (Lipinski definition) is 3. The lowest BCUT2D eigenvalue weighted by molar-refractivity contribution is -0.137. The average molecular weight is 234 g/mol. The third-order valence-electron chi connectivity index (χ3n) is 1.40. The number of carbonyl (C=O) groups is 2. The van der Waals surface area contributed by atoms with E-state index in [1.165, 1.54) is 11.3 Å². The molecule has 0 aliphatic heterocycles. The van der Waals surface area contributed by atoms with Crippen molar-refractivity contribution in [2.75, 3.05) is 6.54 Å². The first-order valence-electron chi connectivity index (χ1n) is 3.80. The van der Waals surface area contributed by atoms with Gasteiger partial charge in [-0.05, 0) is 12.1 Å². The molecule has 0 aliphatic rings. The van der Waals surface area contributed by atoms with Gasteiger partial charge in [-0.3, -0.25) is 9.59 Å². The lowest BCUT2D eigenvalue weighted by atomic mass is 10.3. The minimum absolute atomic E-state index is 0.171. The highest BCUT2D eigenvalue weighted by Gasteiger charge is 2.06. The smallest absolute Gasteiger partial charge is 0.322 e. The molecule has 0 spiro atoms. The number of halogens is 1. The SMILES string of the molecule is O=C(O)CNC(=O)Cc1ccc(Cl)s1. The van der Waals surface area contributed by atoms with Gasteiger partial charge >= 0.3 is 5.97 Å². The van der Waals surface area contributed by atoms with Crippen LogP contribution in [-0.4, -0.2) is 23.5 Å². The van der Waals surface area contributed by atoms with Crippen molar-refractivity contribution < 1.29 is 14.7 Å². The van der Waals surface area contributed by atoms with Crippen LogP contribution in [0, 0.1) is 0 Å². The van der Waals surface area contributed by atoms with Crippen molar-refractivity contribution in [1.29, 1.82) is 0 Å². The maximum Gasteiger partial charge on any atom is 0.322 e. The van der Waals surface area contributed by atoms with Gasteiger partial charge in [0.05, 0.1) is 10.8 Å². The van der Waals surface area contributed by atoms with Crippen LogP contribution in [-0.2, 0) is 16.0 Å². The minimum atomic E-state index is -1.05. The molecule has 1 heterocycles. The third-order valence-corrected chi connectivity index (χ3v) is 2.63. The molecule has 0 fully saturated rings. The van der Waals surface area contributed by atoms with Gasteiger partial charge in [-0.2, -0.15) is 0 Å². The first-order chi connectivity index (χ1) is 6.58. The van der Waals surface area contributed by atoms with E-state index in [0.29, 0.717) is 4.34 Å². The molecular weight excluding hydrogens is 226 g/mol. The summed E-state index contributed by atoms with van der Waals surface area (Å²) in [6, 6.07) is 3.44. The van der Waals surface area contributed by atoms with Gasteiger partial charge in [0.25, 0.3) is 0 Å². The number of aliphatic carboxylic acids is 1. The Hall–Kier alpha value is -1.07. The maximum absolute atomic E-state index is 11.1. The summed E-state index contributed by atoms with van der Waals surface area (Å²) in [5, 5.41) is 10.6. The van der Waals surface area contributed by atoms with Crippen LogP contribution >= 0.6 is 22.9 Å². The zero-order valence-electron chi connectivity index (χ0n) is 7.12. The highest BCUT2D eigenvalue weighted by molar-refractivity contribution is 7.16. The number of thiophene rings is 1. The summed E-state index contributed by atoms with van der Waals surface area (Å²) in [6.07, 6.45) is 0.171. The van der Waals surface area contributed by atoms with Crippen molar-refractivity contribution in [2.45, 2.75) is 6.42 Å². The first kappa shape index (κ1) is 11.0. The molecule has 0 bridgehead atoms. The molecule has 6 heteroatoms. The second kappa shape index (κ2) is 4.97. The van der Waals surface area contributed by atoms with E-state index < -0.39 is 5.97 Å². The van der Waals surface area contributed by atoms with Gasteiger partial charge < -0.3 is 10.4 Å². The highest BCUT2D eigenvalue weighted by Crippen LogP contribution is 2.21. The van der Waals surface area contributed by atoms with E-state index in [0.717, 1.165) is 4.88 Å². The van der Waals surface area contributed by atoms with E-state index in [2.05, 4.69) is 5.32 Å². The molecule has 0 saturated carbocycles. The number of amides is 1. The van der Waals surface area contributed by atoms with Crippen LogP contribution in [0.3, 0.4) is 0 Å². The van der Waals surface area contributed by atoms with Gasteiger partial charge in [0.1, 0.15) is 6.54 Å². The molecule has 0 unspecified atom stereocenters. The molecule has 2 N–H and O–H groups in total. The molecule has 4 nitrogen and oxygen atoms in total. The van der Waals surface area contributed by atoms with Crippen molar-refractivity contribution in [2.24, 2.45) is 0 Å². The Morgan fingerprint density at radius 3 is 2.71 bits per heavy atom. The Labute approximate surface area is 89.5 Å². The van der Waals surface area contributed by atoms with E-state index >= 15 is 0 Å². The van der Waals surface area contributed by atoms with Crippen LogP contribution in [0.5, 0.6) is 0 Å². The van der Waals surface area contributed by atoms with E-state index in [9.17, 15) is 9.59 Å². The number of rotatable bonds is 4. The molecule has 0 aromatic carbocycles. The second-order valence-corrected chi connectivity index (χ2v) is 4.35. The number of hydrogen-bond donors (Lipinski definition) is 2. The molecule has 0 atom stereocenters. The Morgan fingerprint density at radius 1 is 1.50 bits per heavy atom. The number of carbonyl (C=O) groups excluding carboxylic acids is 1. The van der Waals surface area contributed by atoms with Crippen LogP contribution < -0.4 is 5.32 Å². The van der Waals surface area contributed by atoms with Crippen molar-refractivity contribution in [3.8, 4) is 0 Å². The Morgan fingerprint density at radius 2 is 2.21 bits per heavy atom. The molecule has 1 amide bonds. The Kier molecular flexibility index (Phi) is 3.91. The van der Waals surface area contributed by atoms with Crippen molar-refractivity contribution in [3.63, 3.8) is 0 Å². The monoisotopic (exact) mass is 233 g/mol. The van der Waals surface area contributed by atoms with Crippen LogP contribution in [0.15, 0.2) is 12.1 Å². The van der Waals surface area contributed by atoms with Crippen LogP contribution in [0.25, 0.3) is 0 Å². The Balaban J connectivity index is 2.37. The zero-order chi connectivity index (χ0) is 10.6. The number of nitrogens with one attached hydrogen (secondary N) is 1. The zero-order valence-corrected chi connectivity index (χ0v) is 8.69. The normalized spacial score (nSPS) is 9.79. The predicted octanol–water partition coefficient (Wildman–Crippen LogP) is 1.14. The largest absolute Gasteiger partial charge is 0.480 e. The van der Waals surface area contributed by atoms with E-state index in [1.54, 1.807) is 12.1 Å². The Bertz CT molecular complexity index is 350. The summed E-state index contributed by atoms with van der Waals surface area (Å²) in [7, 11) is 0. The summed E-state index contributed by atoms with van der Waals surface area (Å²) < 4.78 is 0.617. The first-order valence-corrected chi connectivity index (χ1v) is 5.00. The summed E-state index contributed by atoms with van der Waals surface area (Å²) in [4.78, 5) is 22.1. The molecule has 1 rings (SSSR count). The second-order valence-electron chi connectivity index (χ2n) is 2.55. The van der Waals surface area contributed by atoms with Crippen LogP contribution in [0.4, 0.5) is 0 Å². The molecule has 14 heavy (non-hydrogen) atoms. The lowest BCUT2D eigenvalue weighted by Gasteiger charge is -1.99. The molecule has 0 saturated heterocycles. The summed E-state index contributed by atoms with van der Waals surface area (Å²) >= 11 is 6.97. The standard InChI is InChI=1S/C8H8ClNO3S/c9-6-2-1-5(14-6)3-7(11)10-4-8(12)13/h1-2H,3-4H2,(H,10,11)(H,12,13). The minimum Gasteiger partial charge on any atom is -0.480 e. The van der Waals surface area contributed by atoms with Gasteiger partial charge in [-0.15, -0.1) is 11.3 Å². The quantitative estimate of drug-likeness (QED) is 0.820. The molecular formula is C8H8ClNO3S. The van der Waals surface area contributed by atoms with Gasteiger partial charge in [0, 0.05) is 4.88 Å². The number of carboxylic acids is 1. The topological polar surface area (TPSA) is 66.4 Å². The van der Waals surface area contributed by atoms with Crippen molar-refractivity contribution in [1.82, 2.24) is 5.32 Å². The average Bonchev–Trinajstić information content (AvgIpc) is 2.48. The van der Waals surface area contributed by atoms with Gasteiger partial charge in [-0.25, -0.2) is 0 Å². The molecule has 0 aliphatic carbocycles. The third kappa shape index (κ3) is 3.76. The van der Waals surface area contributed by atoms with E-state index in [-0.39, 0.29) is 18.9 Å². The predicted molar refractivity (Wildman–Crippen MR) is 53.7 cm³/mol. The summed E-state index contributed by atoms with van der Waals surface area (Å²) in [6.45, 7) is -0.349. The summed E-state index contributed by atoms with van der Waals surface area (Å²) in [5.74, 6) is -1.37. The molecule has 76 valence electrons. The van der Waals surface area contributed by atoms with Gasteiger partial charge in [0.15, 0.2) is 0 Å². The van der Waals surface area contributed by atoms with E-state index in [4.69, 9.17) is 16.7 Å². The fraction of sp³-hybridized carbons (Fsp3) is 0.250. The van der Waals surface area contributed by atoms with Crippen molar-refractivity contribution >= 4 is 34.8 Å².